The summed E-state index contributed by atoms with van der Waals surface area (Å²) in [4.78, 5) is 26.9. The normalized spacial score (nSPS) is 15.5. The predicted molar refractivity (Wildman–Crippen MR) is 74.0 cm³/mol. The molecule has 0 atom stereocenters. The van der Waals surface area contributed by atoms with E-state index in [0.717, 1.165) is 5.56 Å². The van der Waals surface area contributed by atoms with Crippen LogP contribution in [0.4, 0.5) is 0 Å². The molecule has 0 bridgehead atoms. The van der Waals surface area contributed by atoms with Gasteiger partial charge in [0, 0.05) is 38.1 Å². The number of carbonyl (C=O) groups excluding carboxylic acids is 2. The van der Waals surface area contributed by atoms with Gasteiger partial charge in [0.05, 0.1) is 6.42 Å². The lowest BCUT2D eigenvalue weighted by molar-refractivity contribution is -0.138. The van der Waals surface area contributed by atoms with E-state index in [1.807, 2.05) is 17.0 Å². The zero-order chi connectivity index (χ0) is 13.8. The third-order valence-electron chi connectivity index (χ3n) is 3.35. The summed E-state index contributed by atoms with van der Waals surface area (Å²) >= 11 is 5.81. The monoisotopic (exact) mass is 280 g/mol. The van der Waals surface area contributed by atoms with Crippen LogP contribution in [0.2, 0.25) is 5.02 Å². The summed E-state index contributed by atoms with van der Waals surface area (Å²) in [6.07, 6.45) is 0.386. The smallest absolute Gasteiger partial charge is 0.227 e. The van der Waals surface area contributed by atoms with Crippen molar-refractivity contribution in [2.75, 3.05) is 26.2 Å². The van der Waals surface area contributed by atoms with Crippen LogP contribution in [-0.2, 0) is 16.0 Å². The fraction of sp³-hybridized carbons (Fsp3) is 0.429. The molecule has 0 unspecified atom stereocenters. The summed E-state index contributed by atoms with van der Waals surface area (Å²) in [6.45, 7) is 4.05. The van der Waals surface area contributed by atoms with Crippen molar-refractivity contribution >= 4 is 23.4 Å². The highest BCUT2D eigenvalue weighted by molar-refractivity contribution is 6.30. The first kappa shape index (κ1) is 13.9. The van der Waals surface area contributed by atoms with Crippen LogP contribution >= 0.6 is 11.6 Å². The number of halogens is 1. The van der Waals surface area contributed by atoms with E-state index in [-0.39, 0.29) is 11.8 Å². The van der Waals surface area contributed by atoms with Crippen LogP contribution < -0.4 is 0 Å². The summed E-state index contributed by atoms with van der Waals surface area (Å²) in [5, 5.41) is 0.672. The Bertz CT molecular complexity index is 465. The Morgan fingerprint density at radius 3 is 2.11 bits per heavy atom. The molecule has 1 aromatic carbocycles. The van der Waals surface area contributed by atoms with Crippen LogP contribution in [0.15, 0.2) is 24.3 Å². The van der Waals surface area contributed by atoms with Gasteiger partial charge < -0.3 is 9.80 Å². The predicted octanol–water partition coefficient (Wildman–Crippen LogP) is 1.57. The quantitative estimate of drug-likeness (QED) is 0.825. The summed E-state index contributed by atoms with van der Waals surface area (Å²) in [5.74, 6) is 0.176. The Morgan fingerprint density at radius 1 is 1.05 bits per heavy atom. The van der Waals surface area contributed by atoms with E-state index in [4.69, 9.17) is 11.6 Å². The highest BCUT2D eigenvalue weighted by Crippen LogP contribution is 2.11. The van der Waals surface area contributed by atoms with Crippen molar-refractivity contribution in [3.63, 3.8) is 0 Å². The molecular formula is C14H17ClN2O2. The third-order valence-corrected chi connectivity index (χ3v) is 3.60. The van der Waals surface area contributed by atoms with Crippen molar-refractivity contribution in [3.05, 3.63) is 34.9 Å². The minimum absolute atomic E-state index is 0.0739. The molecular weight excluding hydrogens is 264 g/mol. The number of carbonyl (C=O) groups is 2. The summed E-state index contributed by atoms with van der Waals surface area (Å²) < 4.78 is 0. The first-order valence-electron chi connectivity index (χ1n) is 6.34. The topological polar surface area (TPSA) is 40.6 Å². The van der Waals surface area contributed by atoms with Gasteiger partial charge in [0.1, 0.15) is 0 Å². The van der Waals surface area contributed by atoms with Crippen molar-refractivity contribution in [2.45, 2.75) is 13.3 Å². The number of amides is 2. The lowest BCUT2D eigenvalue weighted by atomic mass is 10.1. The minimum Gasteiger partial charge on any atom is -0.339 e. The van der Waals surface area contributed by atoms with E-state index >= 15 is 0 Å². The third kappa shape index (κ3) is 3.70. The molecule has 1 saturated heterocycles. The van der Waals surface area contributed by atoms with Gasteiger partial charge in [-0.25, -0.2) is 0 Å². The van der Waals surface area contributed by atoms with Gasteiger partial charge >= 0.3 is 0 Å². The average Bonchev–Trinajstić information content (AvgIpc) is 2.41. The van der Waals surface area contributed by atoms with Gasteiger partial charge in [-0.15, -0.1) is 0 Å². The Hall–Kier alpha value is -1.55. The highest BCUT2D eigenvalue weighted by atomic mass is 35.5. The van der Waals surface area contributed by atoms with Gasteiger partial charge in [0.2, 0.25) is 11.8 Å². The van der Waals surface area contributed by atoms with Gasteiger partial charge in [-0.05, 0) is 17.7 Å². The van der Waals surface area contributed by atoms with E-state index in [2.05, 4.69) is 0 Å². The largest absolute Gasteiger partial charge is 0.339 e. The van der Waals surface area contributed by atoms with E-state index in [1.54, 1.807) is 24.0 Å². The molecule has 0 aliphatic carbocycles. The van der Waals surface area contributed by atoms with Crippen molar-refractivity contribution in [1.29, 1.82) is 0 Å². The number of hydrogen-bond acceptors (Lipinski definition) is 2. The van der Waals surface area contributed by atoms with Crippen molar-refractivity contribution in [1.82, 2.24) is 9.80 Å². The molecule has 5 heteroatoms. The molecule has 0 aromatic heterocycles. The van der Waals surface area contributed by atoms with Crippen molar-refractivity contribution in [2.24, 2.45) is 0 Å². The van der Waals surface area contributed by atoms with Crippen molar-refractivity contribution in [3.8, 4) is 0 Å². The lowest BCUT2D eigenvalue weighted by Gasteiger charge is -2.34. The molecule has 19 heavy (non-hydrogen) atoms. The van der Waals surface area contributed by atoms with Gasteiger partial charge in [-0.2, -0.15) is 0 Å². The number of hydrogen-bond donors (Lipinski definition) is 0. The molecule has 0 saturated carbocycles. The maximum absolute atomic E-state index is 12.1. The Labute approximate surface area is 117 Å². The Balaban J connectivity index is 1.88. The second-order valence-corrected chi connectivity index (χ2v) is 5.13. The molecule has 4 nitrogen and oxygen atoms in total. The van der Waals surface area contributed by atoms with Gasteiger partial charge in [0.15, 0.2) is 0 Å². The van der Waals surface area contributed by atoms with E-state index in [0.29, 0.717) is 37.6 Å². The molecule has 1 heterocycles. The molecule has 1 aromatic rings. The summed E-state index contributed by atoms with van der Waals surface area (Å²) in [7, 11) is 0. The van der Waals surface area contributed by atoms with Gasteiger partial charge in [-0.3, -0.25) is 9.59 Å². The van der Waals surface area contributed by atoms with E-state index in [9.17, 15) is 9.59 Å². The molecule has 0 spiro atoms. The van der Waals surface area contributed by atoms with Crippen LogP contribution in [0, 0.1) is 0 Å². The van der Waals surface area contributed by atoms with Crippen LogP contribution in [0.1, 0.15) is 12.5 Å². The summed E-state index contributed by atoms with van der Waals surface area (Å²) in [6, 6.07) is 7.31. The molecule has 0 radical (unpaired) electrons. The van der Waals surface area contributed by atoms with E-state index in [1.165, 1.54) is 0 Å². The molecule has 0 N–H and O–H groups in total. The number of rotatable bonds is 2. The zero-order valence-corrected chi connectivity index (χ0v) is 11.7. The second kappa shape index (κ2) is 6.06. The van der Waals surface area contributed by atoms with Crippen molar-refractivity contribution < 1.29 is 9.59 Å². The Kier molecular flexibility index (Phi) is 4.43. The molecule has 1 aliphatic rings. The molecule has 1 fully saturated rings. The number of nitrogens with zero attached hydrogens (tertiary/aromatic N) is 2. The fourth-order valence-electron chi connectivity index (χ4n) is 2.16. The highest BCUT2D eigenvalue weighted by Gasteiger charge is 2.22. The SMILES string of the molecule is CC(=O)N1CCN(C(=O)Cc2ccc(Cl)cc2)CC1. The van der Waals surface area contributed by atoms with Gasteiger partial charge in [-0.1, -0.05) is 23.7 Å². The molecule has 2 amide bonds. The van der Waals surface area contributed by atoms with Gasteiger partial charge in [0.25, 0.3) is 0 Å². The first-order valence-corrected chi connectivity index (χ1v) is 6.72. The molecule has 1 aliphatic heterocycles. The number of benzene rings is 1. The van der Waals surface area contributed by atoms with E-state index < -0.39 is 0 Å². The van der Waals surface area contributed by atoms with Crippen LogP contribution in [0.3, 0.4) is 0 Å². The maximum atomic E-state index is 12.1. The molecule has 2 rings (SSSR count). The lowest BCUT2D eigenvalue weighted by Crippen LogP contribution is -2.50. The number of piperazine rings is 1. The first-order chi connectivity index (χ1) is 9.06. The van der Waals surface area contributed by atoms with Crippen LogP contribution in [0.25, 0.3) is 0 Å². The zero-order valence-electron chi connectivity index (χ0n) is 10.9. The molecule has 102 valence electrons. The summed E-state index contributed by atoms with van der Waals surface area (Å²) in [5.41, 5.74) is 0.961. The standard InChI is InChI=1S/C14H17ClN2O2/c1-11(18)16-6-8-17(9-7-16)14(19)10-12-2-4-13(15)5-3-12/h2-5H,6-10H2,1H3. The fourth-order valence-corrected chi connectivity index (χ4v) is 2.29. The van der Waals surface area contributed by atoms with Crippen LogP contribution in [-0.4, -0.2) is 47.8 Å². The Morgan fingerprint density at radius 2 is 1.58 bits per heavy atom. The second-order valence-electron chi connectivity index (χ2n) is 4.69. The van der Waals surface area contributed by atoms with Crippen LogP contribution in [0.5, 0.6) is 0 Å². The maximum Gasteiger partial charge on any atom is 0.227 e. The minimum atomic E-state index is 0.0739. The average molecular weight is 281 g/mol.